The van der Waals surface area contributed by atoms with E-state index in [1.807, 2.05) is 0 Å². The number of carbonyl (C=O) groups excluding carboxylic acids is 1. The third kappa shape index (κ3) is 4.30. The molecule has 0 aliphatic rings. The van der Waals surface area contributed by atoms with Crippen molar-refractivity contribution < 1.29 is 9.18 Å². The van der Waals surface area contributed by atoms with Gasteiger partial charge in [0.05, 0.1) is 17.6 Å². The van der Waals surface area contributed by atoms with Crippen molar-refractivity contribution in [1.29, 1.82) is 0 Å². The fourth-order valence-corrected chi connectivity index (χ4v) is 2.57. The summed E-state index contributed by atoms with van der Waals surface area (Å²) < 4.78 is 13.9. The van der Waals surface area contributed by atoms with Crippen LogP contribution in [0.5, 0.6) is 0 Å². The van der Waals surface area contributed by atoms with Crippen LogP contribution in [-0.2, 0) is 4.79 Å². The lowest BCUT2D eigenvalue weighted by molar-refractivity contribution is -0.115. The van der Waals surface area contributed by atoms with Gasteiger partial charge >= 0.3 is 0 Å². The Labute approximate surface area is 142 Å². The molecule has 2 N–H and O–H groups in total. The number of benzene rings is 1. The number of nitrogens with zero attached hydrogens (tertiary/aromatic N) is 3. The maximum atomic E-state index is 13.9. The smallest absolute Gasteiger partial charge is 0.230 e. The first-order chi connectivity index (χ1) is 11.0. The fraction of sp³-hybridized carbons (Fsp3) is 0.143. The third-order valence-corrected chi connectivity index (χ3v) is 3.84. The summed E-state index contributed by atoms with van der Waals surface area (Å²) in [7, 11) is 1.67. The highest BCUT2D eigenvalue weighted by Crippen LogP contribution is 2.30. The molecule has 2 aromatic rings. The first kappa shape index (κ1) is 17.0. The quantitative estimate of drug-likeness (QED) is 0.503. The Bertz CT molecular complexity index is 746. The van der Waals surface area contributed by atoms with Gasteiger partial charge < -0.3 is 5.32 Å². The number of thiocarbonyl (C=S) groups is 1. The van der Waals surface area contributed by atoms with Crippen LogP contribution >= 0.6 is 23.6 Å². The lowest BCUT2D eigenvalue weighted by Crippen LogP contribution is -2.28. The number of rotatable bonds is 4. The minimum Gasteiger partial charge on any atom is -0.364 e. The maximum Gasteiger partial charge on any atom is 0.230 e. The Hall–Kier alpha value is -2.39. The molecule has 0 spiro atoms. The van der Waals surface area contributed by atoms with Gasteiger partial charge in [0.15, 0.2) is 10.2 Å². The van der Waals surface area contributed by atoms with Gasteiger partial charge in [-0.3, -0.25) is 15.1 Å². The summed E-state index contributed by atoms with van der Waals surface area (Å²) in [6.07, 6.45) is 1.46. The van der Waals surface area contributed by atoms with Crippen LogP contribution in [0.15, 0.2) is 34.7 Å². The lowest BCUT2D eigenvalue weighted by Gasteiger charge is -2.18. The number of hydrogen-bond donors (Lipinski definition) is 2. The third-order valence-electron chi connectivity index (χ3n) is 2.70. The number of halogens is 1. The van der Waals surface area contributed by atoms with E-state index < -0.39 is 5.82 Å². The zero-order valence-electron chi connectivity index (χ0n) is 12.4. The second-order valence-corrected chi connectivity index (χ2v) is 5.55. The van der Waals surface area contributed by atoms with Crippen LogP contribution in [0.3, 0.4) is 0 Å². The van der Waals surface area contributed by atoms with Gasteiger partial charge in [-0.15, -0.1) is 11.3 Å². The van der Waals surface area contributed by atoms with E-state index in [1.165, 1.54) is 41.5 Å². The standard InChI is InChI=1S/C14H14FN5OS2/c1-9(21)20(12-6-4-3-5-11(12)15)14-18-10(8-23-14)7-17-19-13(22)16-2/h3-8H,1-2H3,(H2,16,19,22)/b17-7-. The maximum absolute atomic E-state index is 13.9. The van der Waals surface area contributed by atoms with Crippen LogP contribution in [0.4, 0.5) is 15.2 Å². The molecule has 1 aromatic heterocycles. The molecule has 0 aliphatic carbocycles. The van der Waals surface area contributed by atoms with Crippen LogP contribution in [0.25, 0.3) is 0 Å². The van der Waals surface area contributed by atoms with Crippen molar-refractivity contribution in [2.24, 2.45) is 5.10 Å². The van der Waals surface area contributed by atoms with Gasteiger partial charge in [-0.1, -0.05) is 12.1 Å². The normalized spacial score (nSPS) is 10.6. The van der Waals surface area contributed by atoms with Crippen molar-refractivity contribution in [3.63, 3.8) is 0 Å². The van der Waals surface area contributed by atoms with Gasteiger partial charge in [0.2, 0.25) is 5.91 Å². The van der Waals surface area contributed by atoms with Gasteiger partial charge in [0, 0.05) is 19.4 Å². The Morgan fingerprint density at radius 3 is 2.87 bits per heavy atom. The summed E-state index contributed by atoms with van der Waals surface area (Å²) in [6, 6.07) is 6.04. The molecule has 9 heteroatoms. The molecule has 2 rings (SSSR count). The van der Waals surface area contributed by atoms with Crippen molar-refractivity contribution in [3.05, 3.63) is 41.2 Å². The minimum absolute atomic E-state index is 0.160. The first-order valence-electron chi connectivity index (χ1n) is 6.54. The highest BCUT2D eigenvalue weighted by molar-refractivity contribution is 7.80. The zero-order chi connectivity index (χ0) is 16.8. The highest BCUT2D eigenvalue weighted by atomic mass is 32.1. The van der Waals surface area contributed by atoms with E-state index >= 15 is 0 Å². The molecule has 23 heavy (non-hydrogen) atoms. The predicted molar refractivity (Wildman–Crippen MR) is 93.7 cm³/mol. The van der Waals surface area contributed by atoms with Crippen molar-refractivity contribution in [1.82, 2.24) is 15.7 Å². The van der Waals surface area contributed by atoms with E-state index in [4.69, 9.17) is 12.2 Å². The molecule has 0 saturated carbocycles. The number of para-hydroxylation sites is 1. The van der Waals surface area contributed by atoms with Crippen molar-refractivity contribution in [2.75, 3.05) is 11.9 Å². The van der Waals surface area contributed by atoms with Gasteiger partial charge in [0.1, 0.15) is 5.82 Å². The van der Waals surface area contributed by atoms with Gasteiger partial charge in [-0.25, -0.2) is 9.37 Å². The van der Waals surface area contributed by atoms with Crippen LogP contribution in [0.1, 0.15) is 12.6 Å². The summed E-state index contributed by atoms with van der Waals surface area (Å²) in [4.78, 5) is 17.4. The number of amides is 1. The average Bonchev–Trinajstić information content (AvgIpc) is 2.97. The Kier molecular flexibility index (Phi) is 5.72. The van der Waals surface area contributed by atoms with E-state index in [-0.39, 0.29) is 11.6 Å². The predicted octanol–water partition coefficient (Wildman–Crippen LogP) is 2.39. The second-order valence-electron chi connectivity index (χ2n) is 4.31. The molecule has 0 fully saturated rings. The molecule has 1 aromatic carbocycles. The molecule has 0 aliphatic heterocycles. The Morgan fingerprint density at radius 1 is 1.48 bits per heavy atom. The number of carbonyl (C=O) groups is 1. The number of anilines is 2. The summed E-state index contributed by atoms with van der Waals surface area (Å²) in [6.45, 7) is 1.36. The second kappa shape index (κ2) is 7.75. The molecule has 0 saturated heterocycles. The molecule has 0 radical (unpaired) electrons. The fourth-order valence-electron chi connectivity index (χ4n) is 1.69. The monoisotopic (exact) mass is 351 g/mol. The molecule has 1 heterocycles. The number of aromatic nitrogens is 1. The van der Waals surface area contributed by atoms with E-state index in [1.54, 1.807) is 24.6 Å². The molecule has 0 unspecified atom stereocenters. The SMILES string of the molecule is CNC(=S)N/N=C\c1csc(N(C(C)=O)c2ccccc2F)n1. The number of thiazole rings is 1. The van der Waals surface area contributed by atoms with Crippen molar-refractivity contribution >= 4 is 51.6 Å². The molecular formula is C14H14FN5OS2. The van der Waals surface area contributed by atoms with Gasteiger partial charge in [-0.05, 0) is 24.4 Å². The molecule has 0 atom stereocenters. The lowest BCUT2D eigenvalue weighted by atomic mass is 10.3. The largest absolute Gasteiger partial charge is 0.364 e. The van der Waals surface area contributed by atoms with E-state index in [2.05, 4.69) is 20.8 Å². The number of nitrogens with one attached hydrogen (secondary N) is 2. The molecule has 120 valence electrons. The Balaban J connectivity index is 2.24. The minimum atomic E-state index is -0.492. The van der Waals surface area contributed by atoms with Crippen LogP contribution < -0.4 is 15.6 Å². The van der Waals surface area contributed by atoms with E-state index in [0.29, 0.717) is 15.9 Å². The zero-order valence-corrected chi connectivity index (χ0v) is 14.0. The van der Waals surface area contributed by atoms with Crippen molar-refractivity contribution in [2.45, 2.75) is 6.92 Å². The molecule has 6 nitrogen and oxygen atoms in total. The molecule has 0 bridgehead atoms. The Morgan fingerprint density at radius 2 is 2.22 bits per heavy atom. The molecular weight excluding hydrogens is 337 g/mol. The number of hydrogen-bond acceptors (Lipinski definition) is 5. The van der Waals surface area contributed by atoms with E-state index in [9.17, 15) is 9.18 Å². The van der Waals surface area contributed by atoms with Crippen molar-refractivity contribution in [3.8, 4) is 0 Å². The van der Waals surface area contributed by atoms with Gasteiger partial charge in [-0.2, -0.15) is 5.10 Å². The van der Waals surface area contributed by atoms with Crippen LogP contribution in [-0.4, -0.2) is 29.3 Å². The van der Waals surface area contributed by atoms with Gasteiger partial charge in [0.25, 0.3) is 0 Å². The van der Waals surface area contributed by atoms with E-state index in [0.717, 1.165) is 0 Å². The van der Waals surface area contributed by atoms with Crippen LogP contribution in [0, 0.1) is 5.82 Å². The first-order valence-corrected chi connectivity index (χ1v) is 7.83. The molecule has 1 amide bonds. The average molecular weight is 351 g/mol. The summed E-state index contributed by atoms with van der Waals surface area (Å²) in [5.41, 5.74) is 3.28. The summed E-state index contributed by atoms with van der Waals surface area (Å²) in [5.74, 6) is -0.823. The number of hydrazone groups is 1. The summed E-state index contributed by atoms with van der Waals surface area (Å²) in [5, 5.41) is 9.06. The topological polar surface area (TPSA) is 69.6 Å². The highest BCUT2D eigenvalue weighted by Gasteiger charge is 2.20. The summed E-state index contributed by atoms with van der Waals surface area (Å²) >= 11 is 6.10. The van der Waals surface area contributed by atoms with Crippen LogP contribution in [0.2, 0.25) is 0 Å².